The number of carbonyl (C=O) groups excluding carboxylic acids is 1. The van der Waals surface area contributed by atoms with Gasteiger partial charge in [-0.15, -0.1) is 0 Å². The number of aromatic nitrogens is 2. The van der Waals surface area contributed by atoms with Crippen LogP contribution in [0.15, 0.2) is 30.5 Å². The maximum absolute atomic E-state index is 12.6. The molecule has 0 radical (unpaired) electrons. The van der Waals surface area contributed by atoms with Gasteiger partial charge in [0.25, 0.3) is 5.91 Å². The molecule has 4 rings (SSSR count). The fraction of sp³-hybridized carbons (Fsp3) is 0.529. The Bertz CT molecular complexity index is 664. The molecule has 1 aromatic rings. The molecule has 1 aromatic heterocycles. The van der Waals surface area contributed by atoms with Crippen LogP contribution in [0.1, 0.15) is 30.1 Å². The summed E-state index contributed by atoms with van der Waals surface area (Å²) in [6.45, 7) is 0.289. The zero-order valence-corrected chi connectivity index (χ0v) is 13.1. The molecule has 2 aliphatic carbocycles. The van der Waals surface area contributed by atoms with Crippen LogP contribution in [0.3, 0.4) is 0 Å². The summed E-state index contributed by atoms with van der Waals surface area (Å²) in [4.78, 5) is 12.6. The number of ether oxygens (including phenoxy) is 2. The van der Waals surface area contributed by atoms with Gasteiger partial charge in [0.05, 0.1) is 18.8 Å². The summed E-state index contributed by atoms with van der Waals surface area (Å²) in [5.74, 6) is -0.104. The number of nitrogens with one attached hydrogen (secondary N) is 1. The van der Waals surface area contributed by atoms with Gasteiger partial charge in [-0.2, -0.15) is 5.10 Å². The molecule has 0 saturated carbocycles. The summed E-state index contributed by atoms with van der Waals surface area (Å²) >= 11 is 0. The number of hydrogen-bond acceptors (Lipinski definition) is 4. The Morgan fingerprint density at radius 2 is 2.17 bits per heavy atom. The van der Waals surface area contributed by atoms with E-state index in [1.54, 1.807) is 0 Å². The van der Waals surface area contributed by atoms with Crippen molar-refractivity contribution in [1.82, 2.24) is 15.1 Å². The predicted molar refractivity (Wildman–Crippen MR) is 83.7 cm³/mol. The van der Waals surface area contributed by atoms with Crippen LogP contribution >= 0.6 is 0 Å². The highest BCUT2D eigenvalue weighted by Gasteiger charge is 2.35. The zero-order chi connectivity index (χ0) is 15.8. The van der Waals surface area contributed by atoms with Gasteiger partial charge < -0.3 is 14.8 Å². The molecule has 6 nitrogen and oxygen atoms in total. The summed E-state index contributed by atoms with van der Waals surface area (Å²) in [6.07, 6.45) is 11.8. The van der Waals surface area contributed by atoms with Gasteiger partial charge in [-0.1, -0.05) is 24.3 Å². The Morgan fingerprint density at radius 3 is 3.04 bits per heavy atom. The fourth-order valence-corrected chi connectivity index (χ4v) is 3.53. The van der Waals surface area contributed by atoms with E-state index in [0.29, 0.717) is 0 Å². The molecule has 1 fully saturated rings. The first-order valence-corrected chi connectivity index (χ1v) is 8.15. The minimum atomic E-state index is -0.561. The Hall–Kier alpha value is -1.92. The van der Waals surface area contributed by atoms with Crippen molar-refractivity contribution in [1.29, 1.82) is 0 Å². The normalized spacial score (nSPS) is 32.2. The highest BCUT2D eigenvalue weighted by molar-refractivity contribution is 5.81. The van der Waals surface area contributed by atoms with E-state index < -0.39 is 6.10 Å². The zero-order valence-electron chi connectivity index (χ0n) is 13.1. The van der Waals surface area contributed by atoms with Crippen molar-refractivity contribution in [2.24, 2.45) is 7.05 Å². The van der Waals surface area contributed by atoms with E-state index in [4.69, 9.17) is 9.47 Å². The quantitative estimate of drug-likeness (QED) is 0.890. The number of fused-ring (bicyclic) bond motifs is 2. The average Bonchev–Trinajstić information content (AvgIpc) is 2.97. The summed E-state index contributed by atoms with van der Waals surface area (Å²) in [7, 11) is 1.95. The van der Waals surface area contributed by atoms with Gasteiger partial charge in [0.15, 0.2) is 6.10 Å². The molecule has 4 unspecified atom stereocenters. The van der Waals surface area contributed by atoms with Crippen LogP contribution in [0.2, 0.25) is 0 Å². The molecule has 0 aromatic carbocycles. The number of allylic oxidation sites excluding steroid dienone is 2. The molecule has 1 aliphatic heterocycles. The maximum Gasteiger partial charge on any atom is 0.252 e. The van der Waals surface area contributed by atoms with Crippen molar-refractivity contribution in [2.45, 2.75) is 43.6 Å². The number of aryl methyl sites for hydroxylation is 1. The van der Waals surface area contributed by atoms with Crippen LogP contribution in [0.25, 0.3) is 0 Å². The lowest BCUT2D eigenvalue weighted by Gasteiger charge is -2.35. The summed E-state index contributed by atoms with van der Waals surface area (Å²) in [5.41, 5.74) is 2.34. The van der Waals surface area contributed by atoms with E-state index in [1.165, 1.54) is 5.69 Å². The van der Waals surface area contributed by atoms with Gasteiger partial charge in [-0.05, 0) is 19.3 Å². The first-order valence-electron chi connectivity index (χ1n) is 8.15. The largest absolute Gasteiger partial charge is 0.368 e. The molecule has 2 heterocycles. The van der Waals surface area contributed by atoms with E-state index in [-0.39, 0.29) is 30.8 Å². The monoisotopic (exact) mass is 315 g/mol. The molecule has 1 amide bonds. The standard InChI is InChI=1S/C17H21N3O3/c1-20-13-6-4-5-12(11(13)9-18-20)19-17(21)16-10-22-14-7-2-3-8-15(14)23-16/h2-3,7-9,12,14-16H,4-6,10H2,1H3,(H,19,21). The average molecular weight is 315 g/mol. The lowest BCUT2D eigenvalue weighted by molar-refractivity contribution is -0.168. The molecule has 1 N–H and O–H groups in total. The Morgan fingerprint density at radius 1 is 1.35 bits per heavy atom. The van der Waals surface area contributed by atoms with Gasteiger partial charge in [-0.25, -0.2) is 0 Å². The smallest absolute Gasteiger partial charge is 0.252 e. The van der Waals surface area contributed by atoms with Crippen LogP contribution in [0.4, 0.5) is 0 Å². The number of rotatable bonds is 2. The van der Waals surface area contributed by atoms with Crippen LogP contribution in [0, 0.1) is 0 Å². The van der Waals surface area contributed by atoms with Crippen molar-refractivity contribution in [3.05, 3.63) is 41.8 Å². The van der Waals surface area contributed by atoms with E-state index in [0.717, 1.165) is 24.8 Å². The van der Waals surface area contributed by atoms with E-state index in [9.17, 15) is 4.79 Å². The summed E-state index contributed by atoms with van der Waals surface area (Å²) < 4.78 is 13.5. The first kappa shape index (κ1) is 14.7. The number of carbonyl (C=O) groups is 1. The first-order chi connectivity index (χ1) is 11.2. The molecule has 6 heteroatoms. The number of nitrogens with zero attached hydrogens (tertiary/aromatic N) is 2. The highest BCUT2D eigenvalue weighted by Crippen LogP contribution is 2.29. The second kappa shape index (κ2) is 5.94. The lowest BCUT2D eigenvalue weighted by Crippen LogP contribution is -2.50. The van der Waals surface area contributed by atoms with Crippen molar-refractivity contribution in [2.75, 3.05) is 6.61 Å². The van der Waals surface area contributed by atoms with Crippen molar-refractivity contribution < 1.29 is 14.3 Å². The minimum absolute atomic E-state index is 0.0167. The molecule has 23 heavy (non-hydrogen) atoms. The third kappa shape index (κ3) is 2.72. The van der Waals surface area contributed by atoms with Crippen molar-refractivity contribution >= 4 is 5.91 Å². The van der Waals surface area contributed by atoms with E-state index >= 15 is 0 Å². The Balaban J connectivity index is 1.43. The van der Waals surface area contributed by atoms with Gasteiger partial charge in [0, 0.05) is 18.3 Å². The third-order valence-corrected chi connectivity index (χ3v) is 4.78. The number of hydrogen-bond donors (Lipinski definition) is 1. The number of amides is 1. The molecular weight excluding hydrogens is 294 g/mol. The second-order valence-corrected chi connectivity index (χ2v) is 6.28. The van der Waals surface area contributed by atoms with Gasteiger partial charge >= 0.3 is 0 Å². The van der Waals surface area contributed by atoms with E-state index in [2.05, 4.69) is 10.4 Å². The van der Waals surface area contributed by atoms with Crippen LogP contribution < -0.4 is 5.32 Å². The molecular formula is C17H21N3O3. The van der Waals surface area contributed by atoms with Gasteiger partial charge in [-0.3, -0.25) is 9.48 Å². The fourth-order valence-electron chi connectivity index (χ4n) is 3.53. The molecule has 4 atom stereocenters. The Labute approximate surface area is 135 Å². The van der Waals surface area contributed by atoms with E-state index in [1.807, 2.05) is 42.2 Å². The second-order valence-electron chi connectivity index (χ2n) is 6.28. The van der Waals surface area contributed by atoms with Crippen LogP contribution in [-0.2, 0) is 27.7 Å². The molecule has 3 aliphatic rings. The topological polar surface area (TPSA) is 65.4 Å². The van der Waals surface area contributed by atoms with Crippen molar-refractivity contribution in [3.63, 3.8) is 0 Å². The predicted octanol–water partition coefficient (Wildman–Crippen LogP) is 1.19. The Kier molecular flexibility index (Phi) is 3.79. The third-order valence-electron chi connectivity index (χ3n) is 4.78. The SMILES string of the molecule is Cn1ncc2c1CCCC2NC(=O)C1COC2C=CC=CC2O1. The molecule has 0 spiro atoms. The minimum Gasteiger partial charge on any atom is -0.368 e. The molecule has 0 bridgehead atoms. The van der Waals surface area contributed by atoms with Crippen LogP contribution in [0.5, 0.6) is 0 Å². The molecule has 122 valence electrons. The van der Waals surface area contributed by atoms with Crippen LogP contribution in [-0.4, -0.2) is 40.6 Å². The van der Waals surface area contributed by atoms with Gasteiger partial charge in [0.2, 0.25) is 0 Å². The highest BCUT2D eigenvalue weighted by atomic mass is 16.6. The maximum atomic E-state index is 12.6. The molecule has 1 saturated heterocycles. The van der Waals surface area contributed by atoms with Gasteiger partial charge in [0.1, 0.15) is 12.2 Å². The van der Waals surface area contributed by atoms with Crippen molar-refractivity contribution in [3.8, 4) is 0 Å². The summed E-state index contributed by atoms with van der Waals surface area (Å²) in [6, 6.07) is 0.0167. The lowest BCUT2D eigenvalue weighted by atomic mass is 9.93. The summed E-state index contributed by atoms with van der Waals surface area (Å²) in [5, 5.41) is 7.43.